The van der Waals surface area contributed by atoms with Gasteiger partial charge >= 0.3 is 5.97 Å². The van der Waals surface area contributed by atoms with Crippen LogP contribution in [0.25, 0.3) is 0 Å². The topological polar surface area (TPSA) is 85.4 Å². The number of carbonyl (C=O) groups excluding carboxylic acids is 3. The average Bonchev–Trinajstić information content (AvgIpc) is 2.92. The summed E-state index contributed by atoms with van der Waals surface area (Å²) in [6.07, 6.45) is 0. The van der Waals surface area contributed by atoms with Gasteiger partial charge in [0.1, 0.15) is 0 Å². The maximum Gasteiger partial charge on any atom is 0.358 e. The molecule has 2 aromatic rings. The van der Waals surface area contributed by atoms with Crippen LogP contribution in [-0.2, 0) is 9.53 Å². The van der Waals surface area contributed by atoms with Gasteiger partial charge in [0.15, 0.2) is 17.4 Å². The van der Waals surface area contributed by atoms with Crippen LogP contribution in [0.3, 0.4) is 0 Å². The predicted molar refractivity (Wildman–Crippen MR) is 87.5 cm³/mol. The largest absolute Gasteiger partial charge is 0.453 e. The normalized spacial score (nSPS) is 10.2. The number of ketones is 1. The van der Waals surface area contributed by atoms with Gasteiger partial charge in [0.25, 0.3) is 0 Å². The van der Waals surface area contributed by atoms with Gasteiger partial charge in [-0.3, -0.25) is 9.59 Å². The van der Waals surface area contributed by atoms with Crippen molar-refractivity contribution >= 4 is 57.3 Å². The molecule has 0 spiro atoms. The lowest BCUT2D eigenvalue weighted by Gasteiger charge is -2.05. The molecule has 0 radical (unpaired) electrons. The van der Waals surface area contributed by atoms with Crippen molar-refractivity contribution in [3.63, 3.8) is 0 Å². The summed E-state index contributed by atoms with van der Waals surface area (Å²) in [7, 11) is 0. The molecule has 1 amide bonds. The number of nitrogens with one attached hydrogen (secondary N) is 1. The molecule has 0 aliphatic carbocycles. The lowest BCUT2D eigenvalue weighted by atomic mass is 10.1. The summed E-state index contributed by atoms with van der Waals surface area (Å²) in [5, 5.41) is 4.73. The number of aromatic nitrogens is 1. The Hall–Kier alpha value is -1.96. The number of halogens is 2. The van der Waals surface area contributed by atoms with E-state index in [0.717, 1.165) is 11.3 Å². The monoisotopic (exact) mass is 372 g/mol. The highest BCUT2D eigenvalue weighted by molar-refractivity contribution is 7.14. The van der Waals surface area contributed by atoms with Crippen molar-refractivity contribution in [3.05, 3.63) is 44.9 Å². The summed E-state index contributed by atoms with van der Waals surface area (Å²) in [4.78, 5) is 38.6. The number of hydrogen-bond acceptors (Lipinski definition) is 6. The molecule has 0 fully saturated rings. The highest BCUT2D eigenvalue weighted by Gasteiger charge is 2.17. The smallest absolute Gasteiger partial charge is 0.358 e. The van der Waals surface area contributed by atoms with Crippen molar-refractivity contribution in [2.24, 2.45) is 0 Å². The summed E-state index contributed by atoms with van der Waals surface area (Å²) in [6, 6.07) is 4.40. The number of nitrogens with zero attached hydrogens (tertiary/aromatic N) is 1. The van der Waals surface area contributed by atoms with Gasteiger partial charge in [0, 0.05) is 22.9 Å². The quantitative estimate of drug-likeness (QED) is 0.641. The zero-order valence-corrected chi connectivity index (χ0v) is 14.1. The molecule has 0 saturated heterocycles. The number of thiazole rings is 1. The van der Waals surface area contributed by atoms with Crippen molar-refractivity contribution in [2.45, 2.75) is 6.92 Å². The summed E-state index contributed by atoms with van der Waals surface area (Å²) in [5.74, 6) is -1.53. The van der Waals surface area contributed by atoms with E-state index in [1.807, 2.05) is 0 Å². The number of ether oxygens (including phenoxy) is 1. The first-order valence-electron chi connectivity index (χ1n) is 6.25. The average molecular weight is 373 g/mol. The molecule has 2 rings (SSSR count). The van der Waals surface area contributed by atoms with E-state index >= 15 is 0 Å². The number of hydrogen-bond donors (Lipinski definition) is 1. The van der Waals surface area contributed by atoms with Crippen LogP contribution in [0.1, 0.15) is 27.8 Å². The second-order valence-electron chi connectivity index (χ2n) is 4.34. The van der Waals surface area contributed by atoms with E-state index in [0.29, 0.717) is 5.02 Å². The van der Waals surface area contributed by atoms with Gasteiger partial charge in [-0.05, 0) is 18.2 Å². The third kappa shape index (κ3) is 4.75. The third-order valence-corrected chi connectivity index (χ3v) is 3.87. The fourth-order valence-corrected chi connectivity index (χ4v) is 2.81. The van der Waals surface area contributed by atoms with Crippen molar-refractivity contribution in [1.29, 1.82) is 0 Å². The molecule has 9 heteroatoms. The van der Waals surface area contributed by atoms with Crippen LogP contribution in [0.15, 0.2) is 23.6 Å². The molecular formula is C14H10Cl2N2O4S. The van der Waals surface area contributed by atoms with Gasteiger partial charge < -0.3 is 10.1 Å². The number of rotatable bonds is 5. The molecule has 23 heavy (non-hydrogen) atoms. The summed E-state index contributed by atoms with van der Waals surface area (Å²) in [5.41, 5.74) is 0.217. The number of amides is 1. The van der Waals surface area contributed by atoms with Gasteiger partial charge in [-0.15, -0.1) is 11.3 Å². The van der Waals surface area contributed by atoms with E-state index in [1.165, 1.54) is 30.5 Å². The van der Waals surface area contributed by atoms with Crippen LogP contribution in [0, 0.1) is 0 Å². The molecule has 1 aromatic heterocycles. The van der Waals surface area contributed by atoms with Crippen molar-refractivity contribution in [1.82, 2.24) is 4.98 Å². The van der Waals surface area contributed by atoms with Crippen molar-refractivity contribution < 1.29 is 19.1 Å². The van der Waals surface area contributed by atoms with Crippen molar-refractivity contribution in [3.8, 4) is 0 Å². The zero-order chi connectivity index (χ0) is 17.0. The Morgan fingerprint density at radius 3 is 2.70 bits per heavy atom. The van der Waals surface area contributed by atoms with Gasteiger partial charge in [-0.25, -0.2) is 9.78 Å². The van der Waals surface area contributed by atoms with E-state index in [4.69, 9.17) is 27.9 Å². The van der Waals surface area contributed by atoms with E-state index in [2.05, 4.69) is 10.3 Å². The maximum atomic E-state index is 12.0. The van der Waals surface area contributed by atoms with Gasteiger partial charge in [0.2, 0.25) is 11.7 Å². The highest BCUT2D eigenvalue weighted by atomic mass is 35.5. The number of esters is 1. The van der Waals surface area contributed by atoms with E-state index in [9.17, 15) is 14.4 Å². The fourth-order valence-electron chi connectivity index (χ4n) is 1.57. The number of benzene rings is 1. The van der Waals surface area contributed by atoms with E-state index < -0.39 is 18.4 Å². The summed E-state index contributed by atoms with van der Waals surface area (Å²) in [6.45, 7) is 0.848. The Morgan fingerprint density at radius 1 is 1.30 bits per heavy atom. The van der Waals surface area contributed by atoms with Crippen LogP contribution in [0.5, 0.6) is 0 Å². The molecule has 0 unspecified atom stereocenters. The van der Waals surface area contributed by atoms with Crippen LogP contribution in [0.2, 0.25) is 10.0 Å². The second kappa shape index (κ2) is 7.54. The minimum absolute atomic E-state index is 0.00810. The Morgan fingerprint density at radius 2 is 2.04 bits per heavy atom. The Labute approximate surface area is 145 Å². The number of carbonyl (C=O) groups is 3. The first-order valence-corrected chi connectivity index (χ1v) is 7.89. The lowest BCUT2D eigenvalue weighted by molar-refractivity contribution is -0.114. The molecule has 120 valence electrons. The highest BCUT2D eigenvalue weighted by Crippen LogP contribution is 2.21. The maximum absolute atomic E-state index is 12.0. The summed E-state index contributed by atoms with van der Waals surface area (Å²) < 4.78 is 4.90. The standard InChI is InChI=1S/C14H10Cl2N2O4S/c1-7(19)17-14-18-11(6-23-14)13(21)22-5-12(20)9-3-2-8(15)4-10(9)16/h2-4,6H,5H2,1H3,(H,17,18,19). The Bertz CT molecular complexity index is 776. The first-order chi connectivity index (χ1) is 10.9. The molecule has 0 atom stereocenters. The van der Waals surface area contributed by atoms with E-state index in [1.54, 1.807) is 0 Å². The van der Waals surface area contributed by atoms with Crippen LogP contribution in [0.4, 0.5) is 5.13 Å². The first kappa shape index (κ1) is 17.4. The molecule has 0 bridgehead atoms. The van der Waals surface area contributed by atoms with Gasteiger partial charge in [0.05, 0.1) is 5.02 Å². The molecule has 1 aromatic carbocycles. The minimum Gasteiger partial charge on any atom is -0.453 e. The Balaban J connectivity index is 1.97. The van der Waals surface area contributed by atoms with E-state index in [-0.39, 0.29) is 27.3 Å². The Kier molecular flexibility index (Phi) is 5.70. The minimum atomic E-state index is -0.767. The zero-order valence-electron chi connectivity index (χ0n) is 11.8. The molecule has 1 heterocycles. The molecule has 1 N–H and O–H groups in total. The molecular weight excluding hydrogens is 363 g/mol. The SMILES string of the molecule is CC(=O)Nc1nc(C(=O)OCC(=O)c2ccc(Cl)cc2Cl)cs1. The molecule has 0 aliphatic rings. The second-order valence-corrected chi connectivity index (χ2v) is 6.04. The number of Topliss-reactive ketones (excluding diaryl/α,β-unsaturated/α-hetero) is 1. The molecule has 6 nitrogen and oxygen atoms in total. The lowest BCUT2D eigenvalue weighted by Crippen LogP contribution is -2.15. The fraction of sp³-hybridized carbons (Fsp3) is 0.143. The van der Waals surface area contributed by atoms with Crippen LogP contribution in [-0.4, -0.2) is 29.3 Å². The van der Waals surface area contributed by atoms with Gasteiger partial charge in [-0.1, -0.05) is 23.2 Å². The summed E-state index contributed by atoms with van der Waals surface area (Å²) >= 11 is 12.7. The molecule has 0 aliphatic heterocycles. The van der Waals surface area contributed by atoms with Crippen LogP contribution < -0.4 is 5.32 Å². The van der Waals surface area contributed by atoms with Crippen LogP contribution >= 0.6 is 34.5 Å². The molecule has 0 saturated carbocycles. The third-order valence-electron chi connectivity index (χ3n) is 2.56. The predicted octanol–water partition coefficient (Wildman–Crippen LogP) is 3.45. The van der Waals surface area contributed by atoms with Gasteiger partial charge in [-0.2, -0.15) is 0 Å². The van der Waals surface area contributed by atoms with Crippen molar-refractivity contribution in [2.75, 3.05) is 11.9 Å². The number of anilines is 1.